The van der Waals surface area contributed by atoms with Gasteiger partial charge < -0.3 is 18.8 Å². The van der Waals surface area contributed by atoms with Crippen LogP contribution < -0.4 is 9.47 Å². The summed E-state index contributed by atoms with van der Waals surface area (Å²) in [4.78, 5) is 19.2. The van der Waals surface area contributed by atoms with Crippen LogP contribution in [0.15, 0.2) is 53.1 Å². The summed E-state index contributed by atoms with van der Waals surface area (Å²) in [7, 11) is 1.67. The molecule has 1 aliphatic heterocycles. The minimum atomic E-state index is -0.00171. The van der Waals surface area contributed by atoms with Gasteiger partial charge in [0.15, 0.2) is 12.5 Å². The molecule has 3 aromatic rings. The quantitative estimate of drug-likeness (QED) is 0.540. The van der Waals surface area contributed by atoms with Crippen molar-refractivity contribution in [2.45, 2.75) is 39.0 Å². The van der Waals surface area contributed by atoms with E-state index in [1.807, 2.05) is 61.2 Å². The number of likely N-dealkylation sites (tertiary alicyclic amines) is 1. The van der Waals surface area contributed by atoms with E-state index in [-0.39, 0.29) is 18.4 Å². The number of hydrogen-bond acceptors (Lipinski definition) is 5. The number of rotatable bonds is 7. The van der Waals surface area contributed by atoms with Crippen molar-refractivity contribution in [1.82, 2.24) is 9.88 Å². The first-order valence-electron chi connectivity index (χ1n) is 11.1. The third kappa shape index (κ3) is 4.96. The smallest absolute Gasteiger partial charge is 0.260 e. The van der Waals surface area contributed by atoms with Crippen LogP contribution in [0.3, 0.4) is 0 Å². The molecule has 2 aromatic carbocycles. The maximum atomic E-state index is 12.8. The van der Waals surface area contributed by atoms with E-state index >= 15 is 0 Å². The lowest BCUT2D eigenvalue weighted by atomic mass is 9.98. The van der Waals surface area contributed by atoms with Crippen LogP contribution in [0, 0.1) is 13.8 Å². The average Bonchev–Trinajstić information content (AvgIpc) is 3.27. The number of para-hydroxylation sites is 2. The number of carbonyl (C=O) groups is 1. The van der Waals surface area contributed by atoms with Gasteiger partial charge in [0.05, 0.1) is 19.2 Å². The highest BCUT2D eigenvalue weighted by molar-refractivity contribution is 5.78. The lowest BCUT2D eigenvalue weighted by molar-refractivity contribution is -0.134. The van der Waals surface area contributed by atoms with Crippen LogP contribution in [-0.2, 0) is 11.2 Å². The van der Waals surface area contributed by atoms with Crippen molar-refractivity contribution in [3.8, 4) is 11.5 Å². The van der Waals surface area contributed by atoms with E-state index in [0.717, 1.165) is 53.3 Å². The zero-order chi connectivity index (χ0) is 22.5. The Bertz CT molecular complexity index is 1050. The van der Waals surface area contributed by atoms with Crippen LogP contribution in [0.25, 0.3) is 0 Å². The van der Waals surface area contributed by atoms with E-state index in [1.165, 1.54) is 0 Å². The highest BCUT2D eigenvalue weighted by atomic mass is 16.5. The number of aromatic nitrogens is 1. The number of benzene rings is 2. The van der Waals surface area contributed by atoms with Crippen molar-refractivity contribution in [2.24, 2.45) is 0 Å². The van der Waals surface area contributed by atoms with Gasteiger partial charge in [0.1, 0.15) is 17.3 Å². The summed E-state index contributed by atoms with van der Waals surface area (Å²) in [5, 5.41) is 0. The second kappa shape index (κ2) is 9.90. The second-order valence-corrected chi connectivity index (χ2v) is 8.34. The summed E-state index contributed by atoms with van der Waals surface area (Å²) in [6, 6.07) is 13.9. The van der Waals surface area contributed by atoms with Crippen LogP contribution in [-0.4, -0.2) is 42.6 Å². The van der Waals surface area contributed by atoms with E-state index in [9.17, 15) is 4.79 Å². The zero-order valence-electron chi connectivity index (χ0n) is 19.0. The third-order valence-electron chi connectivity index (χ3n) is 6.00. The molecule has 0 saturated carbocycles. The average molecular weight is 435 g/mol. The number of aryl methyl sites for hydroxylation is 2. The van der Waals surface area contributed by atoms with Crippen molar-refractivity contribution in [3.05, 3.63) is 77.0 Å². The number of ether oxygens (including phenoxy) is 2. The number of nitrogens with zero attached hydrogens (tertiary/aromatic N) is 2. The first-order valence-corrected chi connectivity index (χ1v) is 11.1. The van der Waals surface area contributed by atoms with E-state index in [0.29, 0.717) is 18.9 Å². The van der Waals surface area contributed by atoms with Crippen LogP contribution in [0.1, 0.15) is 47.1 Å². The molecule has 168 valence electrons. The number of methoxy groups -OCH3 is 1. The maximum Gasteiger partial charge on any atom is 0.260 e. The summed E-state index contributed by atoms with van der Waals surface area (Å²) < 4.78 is 17.4. The van der Waals surface area contributed by atoms with Crippen LogP contribution >= 0.6 is 0 Å². The molecular formula is C26H30N2O4. The standard InChI is InChI=1S/C26H30N2O4/c1-18-8-6-9-19(2)25(18)31-17-24(29)28-13-7-11-21(16-28)26-27-15-22(32-26)14-20-10-4-5-12-23(20)30-3/h4-6,8-10,12,15,21H,7,11,13-14,16-17H2,1-3H3/t21-/m1/s1. The van der Waals surface area contributed by atoms with Crippen LogP contribution in [0.2, 0.25) is 0 Å². The van der Waals surface area contributed by atoms with Crippen molar-refractivity contribution in [3.63, 3.8) is 0 Å². The minimum absolute atomic E-state index is 0.00171. The van der Waals surface area contributed by atoms with Gasteiger partial charge in [0, 0.05) is 25.1 Å². The Morgan fingerprint density at radius 2 is 1.94 bits per heavy atom. The largest absolute Gasteiger partial charge is 0.496 e. The Kier molecular flexibility index (Phi) is 6.78. The monoisotopic (exact) mass is 434 g/mol. The summed E-state index contributed by atoms with van der Waals surface area (Å²) in [6.45, 7) is 5.37. The highest BCUT2D eigenvalue weighted by Gasteiger charge is 2.28. The molecule has 1 saturated heterocycles. The Morgan fingerprint density at radius 1 is 1.16 bits per heavy atom. The molecule has 1 amide bonds. The van der Waals surface area contributed by atoms with Gasteiger partial charge in [-0.2, -0.15) is 0 Å². The Hall–Kier alpha value is -3.28. The fraction of sp³-hybridized carbons (Fsp3) is 0.385. The molecule has 0 bridgehead atoms. The van der Waals surface area contributed by atoms with Crippen molar-refractivity contribution in [2.75, 3.05) is 26.8 Å². The molecule has 0 radical (unpaired) electrons. The number of amides is 1. The van der Waals surface area contributed by atoms with Gasteiger partial charge in [-0.25, -0.2) is 4.98 Å². The minimum Gasteiger partial charge on any atom is -0.496 e. The lowest BCUT2D eigenvalue weighted by Crippen LogP contribution is -2.41. The van der Waals surface area contributed by atoms with Crippen molar-refractivity contribution in [1.29, 1.82) is 0 Å². The SMILES string of the molecule is COc1ccccc1Cc1cnc([C@@H]2CCCN(C(=O)COc3c(C)cccc3C)C2)o1. The first kappa shape index (κ1) is 21.9. The summed E-state index contributed by atoms with van der Waals surface area (Å²) in [5.41, 5.74) is 3.13. The van der Waals surface area contributed by atoms with E-state index in [2.05, 4.69) is 4.98 Å². The number of carbonyl (C=O) groups excluding carboxylic acids is 1. The molecule has 2 heterocycles. The van der Waals surface area contributed by atoms with E-state index in [4.69, 9.17) is 13.9 Å². The lowest BCUT2D eigenvalue weighted by Gasteiger charge is -2.31. The topological polar surface area (TPSA) is 64.8 Å². The number of hydrogen-bond donors (Lipinski definition) is 0. The highest BCUT2D eigenvalue weighted by Crippen LogP contribution is 2.29. The number of oxazole rings is 1. The number of piperidine rings is 1. The van der Waals surface area contributed by atoms with Gasteiger partial charge in [-0.15, -0.1) is 0 Å². The van der Waals surface area contributed by atoms with Crippen molar-refractivity contribution < 1.29 is 18.7 Å². The molecule has 1 atom stereocenters. The van der Waals surface area contributed by atoms with E-state index in [1.54, 1.807) is 13.3 Å². The van der Waals surface area contributed by atoms with E-state index < -0.39 is 0 Å². The zero-order valence-corrected chi connectivity index (χ0v) is 19.0. The molecule has 6 heteroatoms. The molecule has 6 nitrogen and oxygen atoms in total. The predicted molar refractivity (Wildman–Crippen MR) is 122 cm³/mol. The third-order valence-corrected chi connectivity index (χ3v) is 6.00. The molecule has 0 unspecified atom stereocenters. The predicted octanol–water partition coefficient (Wildman–Crippen LogP) is 4.68. The van der Waals surface area contributed by atoms with Gasteiger partial charge in [0.2, 0.25) is 0 Å². The molecular weight excluding hydrogens is 404 g/mol. The molecule has 0 N–H and O–H groups in total. The second-order valence-electron chi connectivity index (χ2n) is 8.34. The normalized spacial score (nSPS) is 16.1. The first-order chi connectivity index (χ1) is 15.5. The Balaban J connectivity index is 1.37. The van der Waals surface area contributed by atoms with Gasteiger partial charge in [-0.3, -0.25) is 4.79 Å². The van der Waals surface area contributed by atoms with Gasteiger partial charge >= 0.3 is 0 Å². The molecule has 1 fully saturated rings. The summed E-state index contributed by atoms with van der Waals surface area (Å²) in [6.07, 6.45) is 4.28. The summed E-state index contributed by atoms with van der Waals surface area (Å²) >= 11 is 0. The Labute approximate surface area is 189 Å². The molecule has 4 rings (SSSR count). The van der Waals surface area contributed by atoms with Crippen LogP contribution in [0.5, 0.6) is 11.5 Å². The molecule has 0 aliphatic carbocycles. The molecule has 32 heavy (non-hydrogen) atoms. The van der Waals surface area contributed by atoms with Gasteiger partial charge in [-0.1, -0.05) is 36.4 Å². The molecule has 1 aromatic heterocycles. The fourth-order valence-electron chi connectivity index (χ4n) is 4.29. The Morgan fingerprint density at radius 3 is 2.72 bits per heavy atom. The van der Waals surface area contributed by atoms with Gasteiger partial charge in [-0.05, 0) is 43.9 Å². The van der Waals surface area contributed by atoms with Gasteiger partial charge in [0.25, 0.3) is 5.91 Å². The fourth-order valence-corrected chi connectivity index (χ4v) is 4.29. The molecule has 0 spiro atoms. The van der Waals surface area contributed by atoms with Crippen molar-refractivity contribution >= 4 is 5.91 Å². The molecule has 1 aliphatic rings. The maximum absolute atomic E-state index is 12.8. The summed E-state index contributed by atoms with van der Waals surface area (Å²) in [5.74, 6) is 3.22. The van der Waals surface area contributed by atoms with Crippen LogP contribution in [0.4, 0.5) is 0 Å².